The van der Waals surface area contributed by atoms with Crippen LogP contribution in [-0.2, 0) is 0 Å². The molecule has 0 atom stereocenters. The van der Waals surface area contributed by atoms with E-state index in [1.54, 1.807) is 4.68 Å². The van der Waals surface area contributed by atoms with E-state index >= 15 is 0 Å². The average Bonchev–Trinajstić information content (AvgIpc) is 2.80. The summed E-state index contributed by atoms with van der Waals surface area (Å²) in [4.78, 5) is 8.78. The Hall–Kier alpha value is -2.21. The molecular formula is C15H14BrN5. The Morgan fingerprint density at radius 1 is 1.05 bits per heavy atom. The van der Waals surface area contributed by atoms with Gasteiger partial charge < -0.3 is 5.73 Å². The largest absolute Gasteiger partial charge is 0.383 e. The highest BCUT2D eigenvalue weighted by Crippen LogP contribution is 2.28. The van der Waals surface area contributed by atoms with E-state index in [1.165, 1.54) is 0 Å². The Labute approximate surface area is 131 Å². The monoisotopic (exact) mass is 343 g/mol. The number of nitrogens with two attached hydrogens (primary N) is 1. The summed E-state index contributed by atoms with van der Waals surface area (Å²) in [6.07, 6.45) is 0. The SMILES string of the molecule is Cc1cc(C)nc(-n2nc(-c3ccccc3Br)cc2N)n1. The van der Waals surface area contributed by atoms with Crippen LogP contribution in [0, 0.1) is 13.8 Å². The molecule has 0 aliphatic rings. The fourth-order valence-electron chi connectivity index (χ4n) is 2.16. The van der Waals surface area contributed by atoms with Gasteiger partial charge in [0.15, 0.2) is 0 Å². The fraction of sp³-hybridized carbons (Fsp3) is 0.133. The molecule has 3 aromatic rings. The molecule has 106 valence electrons. The standard InChI is InChI=1S/C15H14BrN5/c1-9-7-10(2)19-15(18-9)21-14(17)8-13(20-21)11-5-3-4-6-12(11)16/h3-8H,17H2,1-2H3. The minimum absolute atomic E-state index is 0.489. The van der Waals surface area contributed by atoms with Crippen LogP contribution in [0.2, 0.25) is 0 Å². The van der Waals surface area contributed by atoms with Gasteiger partial charge in [-0.05, 0) is 26.0 Å². The molecule has 0 radical (unpaired) electrons. The third-order valence-electron chi connectivity index (χ3n) is 3.05. The molecule has 0 unspecified atom stereocenters. The van der Waals surface area contributed by atoms with Gasteiger partial charge in [0.1, 0.15) is 5.82 Å². The van der Waals surface area contributed by atoms with E-state index in [9.17, 15) is 0 Å². The van der Waals surface area contributed by atoms with E-state index in [0.29, 0.717) is 11.8 Å². The van der Waals surface area contributed by atoms with Crippen LogP contribution < -0.4 is 5.73 Å². The minimum atomic E-state index is 0.489. The average molecular weight is 344 g/mol. The van der Waals surface area contributed by atoms with Gasteiger partial charge in [0, 0.05) is 27.5 Å². The molecule has 3 rings (SSSR count). The van der Waals surface area contributed by atoms with Gasteiger partial charge in [0.05, 0.1) is 5.69 Å². The second-order valence-corrected chi connectivity index (χ2v) is 5.65. The number of nitrogens with zero attached hydrogens (tertiary/aromatic N) is 4. The summed E-state index contributed by atoms with van der Waals surface area (Å²) >= 11 is 3.52. The fourth-order valence-corrected chi connectivity index (χ4v) is 2.65. The topological polar surface area (TPSA) is 69.6 Å². The molecule has 0 bridgehead atoms. The highest BCUT2D eigenvalue weighted by molar-refractivity contribution is 9.10. The zero-order chi connectivity index (χ0) is 15.0. The lowest BCUT2D eigenvalue weighted by molar-refractivity contribution is 0.805. The van der Waals surface area contributed by atoms with Crippen molar-refractivity contribution in [3.05, 3.63) is 52.3 Å². The molecule has 5 nitrogen and oxygen atoms in total. The predicted molar refractivity (Wildman–Crippen MR) is 86.2 cm³/mol. The number of halogens is 1. The Balaban J connectivity index is 2.12. The molecular weight excluding hydrogens is 330 g/mol. The molecule has 0 aliphatic heterocycles. The van der Waals surface area contributed by atoms with Gasteiger partial charge in [-0.25, -0.2) is 9.97 Å². The number of aryl methyl sites for hydroxylation is 2. The molecule has 0 fully saturated rings. The van der Waals surface area contributed by atoms with Crippen LogP contribution >= 0.6 is 15.9 Å². The molecule has 2 heterocycles. The van der Waals surface area contributed by atoms with Gasteiger partial charge in [-0.3, -0.25) is 0 Å². The lowest BCUT2D eigenvalue weighted by Gasteiger charge is -2.04. The third kappa shape index (κ3) is 2.67. The lowest BCUT2D eigenvalue weighted by atomic mass is 10.2. The molecule has 2 N–H and O–H groups in total. The maximum Gasteiger partial charge on any atom is 0.252 e. The van der Waals surface area contributed by atoms with Crippen LogP contribution in [0.4, 0.5) is 5.82 Å². The highest BCUT2D eigenvalue weighted by atomic mass is 79.9. The van der Waals surface area contributed by atoms with Crippen LogP contribution in [0.3, 0.4) is 0 Å². The Morgan fingerprint density at radius 2 is 1.71 bits per heavy atom. The highest BCUT2D eigenvalue weighted by Gasteiger charge is 2.13. The molecule has 0 saturated heterocycles. The minimum Gasteiger partial charge on any atom is -0.383 e. The van der Waals surface area contributed by atoms with E-state index in [2.05, 4.69) is 31.0 Å². The molecule has 1 aromatic carbocycles. The van der Waals surface area contributed by atoms with Crippen molar-refractivity contribution in [3.8, 4) is 17.2 Å². The first-order valence-electron chi connectivity index (χ1n) is 6.47. The van der Waals surface area contributed by atoms with Crippen molar-refractivity contribution in [1.29, 1.82) is 0 Å². The number of nitrogen functional groups attached to an aromatic ring is 1. The number of anilines is 1. The summed E-state index contributed by atoms with van der Waals surface area (Å²) in [7, 11) is 0. The molecule has 0 saturated carbocycles. The lowest BCUT2D eigenvalue weighted by Crippen LogP contribution is -2.08. The second-order valence-electron chi connectivity index (χ2n) is 4.80. The van der Waals surface area contributed by atoms with Crippen LogP contribution in [0.5, 0.6) is 0 Å². The summed E-state index contributed by atoms with van der Waals surface area (Å²) in [5.74, 6) is 0.994. The van der Waals surface area contributed by atoms with Gasteiger partial charge in [-0.1, -0.05) is 34.1 Å². The first kappa shape index (κ1) is 13.8. The van der Waals surface area contributed by atoms with E-state index in [0.717, 1.165) is 27.1 Å². The number of hydrogen-bond donors (Lipinski definition) is 1. The van der Waals surface area contributed by atoms with Gasteiger partial charge in [0.2, 0.25) is 0 Å². The van der Waals surface area contributed by atoms with Crippen molar-refractivity contribution in [2.24, 2.45) is 0 Å². The molecule has 0 spiro atoms. The quantitative estimate of drug-likeness (QED) is 0.774. The van der Waals surface area contributed by atoms with Crippen molar-refractivity contribution in [1.82, 2.24) is 19.7 Å². The molecule has 21 heavy (non-hydrogen) atoms. The van der Waals surface area contributed by atoms with Crippen molar-refractivity contribution < 1.29 is 0 Å². The summed E-state index contributed by atoms with van der Waals surface area (Å²) in [6.45, 7) is 3.85. The Bertz CT molecular complexity index is 789. The predicted octanol–water partition coefficient (Wildman–Crippen LogP) is 3.29. The maximum atomic E-state index is 6.07. The summed E-state index contributed by atoms with van der Waals surface area (Å²) in [5, 5.41) is 4.53. The molecule has 6 heteroatoms. The van der Waals surface area contributed by atoms with Crippen molar-refractivity contribution in [2.45, 2.75) is 13.8 Å². The normalized spacial score (nSPS) is 10.8. The number of rotatable bonds is 2. The van der Waals surface area contributed by atoms with Crippen LogP contribution in [0.25, 0.3) is 17.2 Å². The molecule has 0 amide bonds. The zero-order valence-corrected chi connectivity index (χ0v) is 13.3. The smallest absolute Gasteiger partial charge is 0.252 e. The van der Waals surface area contributed by atoms with Gasteiger partial charge in [-0.2, -0.15) is 9.78 Å². The number of aromatic nitrogens is 4. The third-order valence-corrected chi connectivity index (χ3v) is 3.74. The Kier molecular flexibility index (Phi) is 3.47. The van der Waals surface area contributed by atoms with Crippen LogP contribution in [-0.4, -0.2) is 19.7 Å². The molecule has 0 aliphatic carbocycles. The maximum absolute atomic E-state index is 6.07. The van der Waals surface area contributed by atoms with E-state index in [1.807, 2.05) is 50.2 Å². The Morgan fingerprint density at radius 3 is 2.38 bits per heavy atom. The first-order chi connectivity index (χ1) is 10.0. The second kappa shape index (κ2) is 5.29. The number of hydrogen-bond acceptors (Lipinski definition) is 4. The first-order valence-corrected chi connectivity index (χ1v) is 7.27. The summed E-state index contributed by atoms with van der Waals surface area (Å²) in [6, 6.07) is 11.6. The summed E-state index contributed by atoms with van der Waals surface area (Å²) < 4.78 is 2.53. The molecule has 2 aromatic heterocycles. The van der Waals surface area contributed by atoms with E-state index < -0.39 is 0 Å². The van der Waals surface area contributed by atoms with Crippen molar-refractivity contribution in [3.63, 3.8) is 0 Å². The van der Waals surface area contributed by atoms with Gasteiger partial charge in [-0.15, -0.1) is 0 Å². The van der Waals surface area contributed by atoms with Crippen molar-refractivity contribution in [2.75, 3.05) is 5.73 Å². The number of benzene rings is 1. The van der Waals surface area contributed by atoms with E-state index in [-0.39, 0.29) is 0 Å². The van der Waals surface area contributed by atoms with Crippen LogP contribution in [0.15, 0.2) is 40.9 Å². The summed E-state index contributed by atoms with van der Waals surface area (Å²) in [5.41, 5.74) is 9.59. The zero-order valence-electron chi connectivity index (χ0n) is 11.7. The van der Waals surface area contributed by atoms with E-state index in [4.69, 9.17) is 5.73 Å². The van der Waals surface area contributed by atoms with Crippen LogP contribution in [0.1, 0.15) is 11.4 Å². The van der Waals surface area contributed by atoms with Gasteiger partial charge in [0.25, 0.3) is 5.95 Å². The van der Waals surface area contributed by atoms with Crippen molar-refractivity contribution >= 4 is 21.7 Å². The van der Waals surface area contributed by atoms with Gasteiger partial charge >= 0.3 is 0 Å².